The number of hydrogen-bond donors (Lipinski definition) is 2. The third kappa shape index (κ3) is 3.26. The second-order valence-corrected chi connectivity index (χ2v) is 5.84. The Morgan fingerprint density at radius 1 is 1.17 bits per heavy atom. The first-order valence-electron chi connectivity index (χ1n) is 7.58. The van der Waals surface area contributed by atoms with Crippen LogP contribution >= 0.6 is 0 Å². The van der Waals surface area contributed by atoms with Crippen molar-refractivity contribution in [2.75, 3.05) is 6.54 Å². The molecule has 0 spiro atoms. The van der Waals surface area contributed by atoms with Gasteiger partial charge in [-0.15, -0.1) is 0 Å². The van der Waals surface area contributed by atoms with E-state index in [1.54, 1.807) is 31.3 Å². The average molecular weight is 324 g/mol. The van der Waals surface area contributed by atoms with Crippen molar-refractivity contribution in [1.29, 1.82) is 0 Å². The van der Waals surface area contributed by atoms with Gasteiger partial charge in [0.1, 0.15) is 11.4 Å². The number of halogens is 1. The molecule has 4 nitrogen and oxygen atoms in total. The van der Waals surface area contributed by atoms with Gasteiger partial charge in [-0.25, -0.2) is 4.39 Å². The summed E-state index contributed by atoms with van der Waals surface area (Å²) in [5, 5.41) is 14.0. The highest BCUT2D eigenvalue weighted by atomic mass is 19.1. The molecule has 0 radical (unpaired) electrons. The van der Waals surface area contributed by atoms with Gasteiger partial charge in [0.2, 0.25) is 0 Å². The number of carbonyl (C=O) groups is 1. The maximum Gasteiger partial charge on any atom is 0.252 e. The van der Waals surface area contributed by atoms with Gasteiger partial charge in [0, 0.05) is 17.1 Å². The fourth-order valence-corrected chi connectivity index (χ4v) is 2.56. The first-order valence-corrected chi connectivity index (χ1v) is 7.58. The third-order valence-corrected chi connectivity index (χ3v) is 3.95. The van der Waals surface area contributed by atoms with Gasteiger partial charge in [-0.3, -0.25) is 9.78 Å². The van der Waals surface area contributed by atoms with Crippen LogP contribution in [-0.2, 0) is 5.60 Å². The Kier molecular flexibility index (Phi) is 4.27. The van der Waals surface area contributed by atoms with Crippen molar-refractivity contribution in [2.45, 2.75) is 12.5 Å². The molecule has 0 bridgehead atoms. The highest BCUT2D eigenvalue weighted by Crippen LogP contribution is 2.21. The van der Waals surface area contributed by atoms with E-state index < -0.39 is 5.60 Å². The molecule has 0 saturated heterocycles. The topological polar surface area (TPSA) is 62.2 Å². The zero-order chi connectivity index (χ0) is 17.2. The van der Waals surface area contributed by atoms with Gasteiger partial charge in [-0.1, -0.05) is 24.3 Å². The van der Waals surface area contributed by atoms with Crippen LogP contribution < -0.4 is 5.32 Å². The van der Waals surface area contributed by atoms with Crippen LogP contribution in [-0.4, -0.2) is 22.5 Å². The normalized spacial score (nSPS) is 13.5. The van der Waals surface area contributed by atoms with E-state index in [1.807, 2.05) is 12.1 Å². The lowest BCUT2D eigenvalue weighted by atomic mass is 9.96. The molecular weight excluding hydrogens is 307 g/mol. The molecule has 2 aromatic carbocycles. The second-order valence-electron chi connectivity index (χ2n) is 5.84. The monoisotopic (exact) mass is 324 g/mol. The van der Waals surface area contributed by atoms with E-state index in [9.17, 15) is 14.3 Å². The van der Waals surface area contributed by atoms with Gasteiger partial charge in [0.05, 0.1) is 12.1 Å². The third-order valence-electron chi connectivity index (χ3n) is 3.95. The summed E-state index contributed by atoms with van der Waals surface area (Å²) in [5.74, 6) is -0.669. The summed E-state index contributed by atoms with van der Waals surface area (Å²) in [6.07, 6.45) is 1.67. The summed E-state index contributed by atoms with van der Waals surface area (Å²) in [4.78, 5) is 16.7. The van der Waals surface area contributed by atoms with Crippen molar-refractivity contribution < 1.29 is 14.3 Å². The Balaban J connectivity index is 1.78. The number of aliphatic hydroxyl groups is 1. The van der Waals surface area contributed by atoms with Gasteiger partial charge in [0.15, 0.2) is 0 Å². The van der Waals surface area contributed by atoms with Crippen LogP contribution in [0, 0.1) is 5.82 Å². The zero-order valence-electron chi connectivity index (χ0n) is 13.2. The highest BCUT2D eigenvalue weighted by molar-refractivity contribution is 6.06. The lowest BCUT2D eigenvalue weighted by Gasteiger charge is -2.24. The summed E-state index contributed by atoms with van der Waals surface area (Å²) < 4.78 is 13.0. The largest absolute Gasteiger partial charge is 0.384 e. The predicted octanol–water partition coefficient (Wildman–Crippen LogP) is 3.01. The Morgan fingerprint density at radius 2 is 1.92 bits per heavy atom. The molecule has 0 aliphatic heterocycles. The molecule has 0 fully saturated rings. The summed E-state index contributed by atoms with van der Waals surface area (Å²) >= 11 is 0. The molecule has 3 aromatic rings. The van der Waals surface area contributed by atoms with E-state index >= 15 is 0 Å². The van der Waals surface area contributed by atoms with Crippen molar-refractivity contribution >= 4 is 16.8 Å². The minimum absolute atomic E-state index is 0.00805. The quantitative estimate of drug-likeness (QED) is 0.775. The van der Waals surface area contributed by atoms with E-state index in [-0.39, 0.29) is 18.3 Å². The van der Waals surface area contributed by atoms with Gasteiger partial charge in [-0.2, -0.15) is 0 Å². The molecule has 2 N–H and O–H groups in total. The number of carbonyl (C=O) groups excluding carboxylic acids is 1. The van der Waals surface area contributed by atoms with Crippen LogP contribution in [0.5, 0.6) is 0 Å². The van der Waals surface area contributed by atoms with Crippen LogP contribution in [0.25, 0.3) is 10.9 Å². The molecule has 1 atom stereocenters. The molecule has 3 rings (SSSR count). The molecule has 1 amide bonds. The molecule has 0 saturated carbocycles. The number of benzene rings is 2. The summed E-state index contributed by atoms with van der Waals surface area (Å²) in [6.45, 7) is 1.58. The summed E-state index contributed by atoms with van der Waals surface area (Å²) in [6, 6.07) is 14.5. The lowest BCUT2D eigenvalue weighted by molar-refractivity contribution is 0.0526. The van der Waals surface area contributed by atoms with Crippen LogP contribution in [0.3, 0.4) is 0 Å². The van der Waals surface area contributed by atoms with Gasteiger partial charge in [0.25, 0.3) is 5.91 Å². The summed E-state index contributed by atoms with van der Waals surface area (Å²) in [5.41, 5.74) is 0.460. The molecule has 0 aliphatic rings. The average Bonchev–Trinajstić information content (AvgIpc) is 2.59. The number of nitrogens with zero attached hydrogens (tertiary/aromatic N) is 1. The lowest BCUT2D eigenvalue weighted by Crippen LogP contribution is -2.38. The molecule has 24 heavy (non-hydrogen) atoms. The number of aromatic nitrogens is 1. The Morgan fingerprint density at radius 3 is 2.67 bits per heavy atom. The maximum absolute atomic E-state index is 13.0. The van der Waals surface area contributed by atoms with Crippen molar-refractivity contribution in [3.63, 3.8) is 0 Å². The first-order chi connectivity index (χ1) is 11.5. The maximum atomic E-state index is 13.0. The minimum Gasteiger partial charge on any atom is -0.384 e. The number of fused-ring (bicyclic) bond motifs is 1. The Bertz CT molecular complexity index is 871. The number of hydrogen-bond acceptors (Lipinski definition) is 3. The van der Waals surface area contributed by atoms with Crippen LogP contribution in [0.15, 0.2) is 60.8 Å². The van der Waals surface area contributed by atoms with E-state index in [1.165, 1.54) is 24.3 Å². The fraction of sp³-hybridized carbons (Fsp3) is 0.158. The molecule has 5 heteroatoms. The van der Waals surface area contributed by atoms with Crippen molar-refractivity contribution in [3.05, 3.63) is 77.7 Å². The van der Waals surface area contributed by atoms with Crippen molar-refractivity contribution in [3.8, 4) is 0 Å². The van der Waals surface area contributed by atoms with Gasteiger partial charge >= 0.3 is 0 Å². The Labute approximate surface area is 139 Å². The van der Waals surface area contributed by atoms with E-state index in [0.717, 1.165) is 10.9 Å². The molecule has 122 valence electrons. The van der Waals surface area contributed by atoms with E-state index in [4.69, 9.17) is 0 Å². The molecule has 1 heterocycles. The predicted molar refractivity (Wildman–Crippen MR) is 90.0 cm³/mol. The number of rotatable bonds is 4. The fourth-order valence-electron chi connectivity index (χ4n) is 2.56. The number of amides is 1. The molecule has 1 unspecified atom stereocenters. The van der Waals surface area contributed by atoms with Crippen LogP contribution in [0.1, 0.15) is 22.8 Å². The van der Waals surface area contributed by atoms with E-state index in [0.29, 0.717) is 11.1 Å². The number of nitrogens with one attached hydrogen (secondary N) is 1. The van der Waals surface area contributed by atoms with Gasteiger partial charge < -0.3 is 10.4 Å². The standard InChI is InChI=1S/C19H17FN2O2/c1-19(24,13-7-9-14(20)10-8-13)12-22-18(23)16-4-2-6-17-15(16)5-3-11-21-17/h2-11,24H,12H2,1H3,(H,22,23). The van der Waals surface area contributed by atoms with Crippen LogP contribution in [0.2, 0.25) is 0 Å². The zero-order valence-corrected chi connectivity index (χ0v) is 13.2. The van der Waals surface area contributed by atoms with E-state index in [2.05, 4.69) is 10.3 Å². The Hall–Kier alpha value is -2.79. The second kappa shape index (κ2) is 6.37. The number of pyridine rings is 1. The van der Waals surface area contributed by atoms with Crippen LogP contribution in [0.4, 0.5) is 4.39 Å². The van der Waals surface area contributed by atoms with Gasteiger partial charge in [-0.05, 0) is 42.8 Å². The molecular formula is C19H17FN2O2. The first kappa shape index (κ1) is 16.1. The van der Waals surface area contributed by atoms with Crippen molar-refractivity contribution in [2.24, 2.45) is 0 Å². The smallest absolute Gasteiger partial charge is 0.252 e. The SMILES string of the molecule is CC(O)(CNC(=O)c1cccc2ncccc12)c1ccc(F)cc1. The summed E-state index contributed by atoms with van der Waals surface area (Å²) in [7, 11) is 0. The minimum atomic E-state index is -1.30. The highest BCUT2D eigenvalue weighted by Gasteiger charge is 2.24. The van der Waals surface area contributed by atoms with Crippen molar-refractivity contribution in [1.82, 2.24) is 10.3 Å². The molecule has 1 aromatic heterocycles. The molecule has 0 aliphatic carbocycles.